The highest BCUT2D eigenvalue weighted by Gasteiger charge is 2.37. The number of anilines is 1. The number of nitrogens with two attached hydrogens (primary N) is 2. The second-order valence-corrected chi connectivity index (χ2v) is 12.4. The van der Waals surface area contributed by atoms with Gasteiger partial charge in [0.2, 0.25) is 0 Å². The molecular formula is C30H52N4S. The van der Waals surface area contributed by atoms with Crippen LogP contribution in [0.5, 0.6) is 0 Å². The molecule has 1 atom stereocenters. The highest BCUT2D eigenvalue weighted by molar-refractivity contribution is 7.14. The minimum atomic E-state index is 0.233. The van der Waals surface area contributed by atoms with Crippen molar-refractivity contribution in [2.45, 2.75) is 117 Å². The zero-order valence-electron chi connectivity index (χ0n) is 23.6. The van der Waals surface area contributed by atoms with Gasteiger partial charge in [-0.3, -0.25) is 0 Å². The second-order valence-electron chi connectivity index (χ2n) is 11.5. The van der Waals surface area contributed by atoms with E-state index < -0.39 is 0 Å². The molecule has 0 amide bonds. The molecule has 1 aromatic heterocycles. The maximum Gasteiger partial charge on any atom is 0.185 e. The molecule has 4 N–H and O–H groups in total. The predicted octanol–water partition coefficient (Wildman–Crippen LogP) is 7.64. The van der Waals surface area contributed by atoms with Gasteiger partial charge in [-0.2, -0.15) is 0 Å². The van der Waals surface area contributed by atoms with E-state index in [4.69, 9.17) is 16.5 Å². The van der Waals surface area contributed by atoms with Crippen LogP contribution in [-0.2, 0) is 10.8 Å². The van der Waals surface area contributed by atoms with E-state index in [-0.39, 0.29) is 16.9 Å². The lowest BCUT2D eigenvalue weighted by molar-refractivity contribution is 0.332. The van der Waals surface area contributed by atoms with Crippen molar-refractivity contribution >= 4 is 16.5 Å². The Hall–Kier alpha value is -1.43. The molecular weight excluding hydrogens is 448 g/mol. The molecule has 35 heavy (non-hydrogen) atoms. The van der Waals surface area contributed by atoms with E-state index in [1.54, 1.807) is 11.3 Å². The largest absolute Gasteiger partial charge is 0.348 e. The van der Waals surface area contributed by atoms with E-state index in [1.807, 2.05) is 0 Å². The van der Waals surface area contributed by atoms with Crippen LogP contribution >= 0.6 is 11.3 Å². The zero-order valence-corrected chi connectivity index (χ0v) is 24.4. The minimum Gasteiger partial charge on any atom is -0.348 e. The fraction of sp³-hybridized carbons (Fsp3) is 0.700. The molecule has 1 aliphatic carbocycles. The van der Waals surface area contributed by atoms with Crippen LogP contribution in [0.1, 0.15) is 111 Å². The van der Waals surface area contributed by atoms with Crippen LogP contribution in [0.2, 0.25) is 0 Å². The van der Waals surface area contributed by atoms with E-state index in [1.165, 1.54) is 53.9 Å². The van der Waals surface area contributed by atoms with E-state index in [2.05, 4.69) is 76.9 Å². The number of unbranched alkanes of at least 4 members (excludes halogenated alkanes) is 2. The Morgan fingerprint density at radius 1 is 0.943 bits per heavy atom. The Balaban J connectivity index is 0.000000410. The summed E-state index contributed by atoms with van der Waals surface area (Å²) < 4.78 is 0. The maximum absolute atomic E-state index is 5.59. The van der Waals surface area contributed by atoms with Gasteiger partial charge in [0, 0.05) is 36.6 Å². The van der Waals surface area contributed by atoms with E-state index in [0.717, 1.165) is 38.0 Å². The summed E-state index contributed by atoms with van der Waals surface area (Å²) in [7, 11) is 0. The number of nitrogens with zero attached hydrogens (tertiary/aromatic N) is 2. The number of fused-ring (bicyclic) bond motifs is 1. The quantitative estimate of drug-likeness (QED) is 0.311. The topological polar surface area (TPSA) is 68.2 Å². The van der Waals surface area contributed by atoms with Crippen LogP contribution in [0.3, 0.4) is 0 Å². The second kappa shape index (κ2) is 13.8. The normalized spacial score (nSPS) is 16.7. The molecule has 1 aliphatic rings. The molecule has 1 unspecified atom stereocenters. The van der Waals surface area contributed by atoms with Crippen LogP contribution in [0.4, 0.5) is 5.13 Å². The number of hydrogen-bond donors (Lipinski definition) is 2. The number of hydrogen-bond acceptors (Lipinski definition) is 5. The number of rotatable bonds is 11. The van der Waals surface area contributed by atoms with Crippen LogP contribution in [0, 0.1) is 0 Å². The lowest BCUT2D eigenvalue weighted by atomic mass is 9.63. The number of aromatic nitrogens is 1. The van der Waals surface area contributed by atoms with Crippen molar-refractivity contribution in [1.82, 2.24) is 4.98 Å². The van der Waals surface area contributed by atoms with Gasteiger partial charge in [0.1, 0.15) is 0 Å². The highest BCUT2D eigenvalue weighted by atomic mass is 32.1. The monoisotopic (exact) mass is 500 g/mol. The van der Waals surface area contributed by atoms with Crippen molar-refractivity contribution in [2.24, 2.45) is 11.5 Å². The summed E-state index contributed by atoms with van der Waals surface area (Å²) in [6.45, 7) is 19.0. The number of benzene rings is 1. The van der Waals surface area contributed by atoms with Crippen LogP contribution < -0.4 is 16.4 Å². The fourth-order valence-electron chi connectivity index (χ4n) is 4.91. The summed E-state index contributed by atoms with van der Waals surface area (Å²) in [6.07, 6.45) is 9.70. The lowest BCUT2D eigenvalue weighted by Crippen LogP contribution is -2.33. The van der Waals surface area contributed by atoms with Crippen molar-refractivity contribution in [3.8, 4) is 11.3 Å². The molecule has 198 valence electrons. The summed E-state index contributed by atoms with van der Waals surface area (Å²) in [5, 5.41) is 3.40. The lowest BCUT2D eigenvalue weighted by Gasteiger charge is -2.42. The van der Waals surface area contributed by atoms with Crippen molar-refractivity contribution < 1.29 is 0 Å². The van der Waals surface area contributed by atoms with Gasteiger partial charge in [-0.25, -0.2) is 4.98 Å². The average molecular weight is 501 g/mol. The number of thiazole rings is 1. The molecule has 0 saturated carbocycles. The van der Waals surface area contributed by atoms with Crippen LogP contribution in [0.25, 0.3) is 11.3 Å². The molecule has 4 nitrogen and oxygen atoms in total. The Bertz CT molecular complexity index is 880. The van der Waals surface area contributed by atoms with E-state index >= 15 is 0 Å². The van der Waals surface area contributed by atoms with Gasteiger partial charge < -0.3 is 16.4 Å². The SMILES string of the molecule is CCCCCC(N)CN.CCCN(CCC)c1nc(-c2ccc3c(c2)C(C)(C)CCC3(C)C)cs1. The molecule has 0 saturated heterocycles. The van der Waals surface area contributed by atoms with Gasteiger partial charge in [0.15, 0.2) is 5.13 Å². The summed E-state index contributed by atoms with van der Waals surface area (Å²) in [4.78, 5) is 7.43. The molecule has 0 radical (unpaired) electrons. The molecule has 0 aliphatic heterocycles. The smallest absolute Gasteiger partial charge is 0.185 e. The van der Waals surface area contributed by atoms with Crippen molar-refractivity contribution in [3.05, 3.63) is 34.7 Å². The first kappa shape index (κ1) is 29.8. The van der Waals surface area contributed by atoms with E-state index in [0.29, 0.717) is 6.54 Å². The summed E-state index contributed by atoms with van der Waals surface area (Å²) in [6, 6.07) is 7.29. The van der Waals surface area contributed by atoms with Gasteiger partial charge in [-0.1, -0.05) is 79.9 Å². The standard InChI is InChI=1S/C23H34N2S.C7H18N2/c1-7-13-25(14-8-2)21-24-20(16-26-21)17-9-10-18-19(15-17)23(5,6)12-11-22(18,3)4;1-2-3-4-5-7(9)6-8/h9-10,15-16H,7-8,11-14H2,1-6H3;7H,2-6,8-9H2,1H3. The maximum atomic E-state index is 5.59. The average Bonchev–Trinajstić information content (AvgIpc) is 3.32. The zero-order chi connectivity index (χ0) is 26.1. The first-order valence-corrected chi connectivity index (χ1v) is 14.8. The van der Waals surface area contributed by atoms with E-state index in [9.17, 15) is 0 Å². The molecule has 2 aromatic rings. The third kappa shape index (κ3) is 8.30. The molecule has 3 rings (SSSR count). The summed E-state index contributed by atoms with van der Waals surface area (Å²) >= 11 is 1.78. The predicted molar refractivity (Wildman–Crippen MR) is 157 cm³/mol. The van der Waals surface area contributed by atoms with Gasteiger partial charge in [-0.05, 0) is 60.1 Å². The summed E-state index contributed by atoms with van der Waals surface area (Å²) in [5.74, 6) is 0. The van der Waals surface area contributed by atoms with Gasteiger partial charge >= 0.3 is 0 Å². The third-order valence-electron chi connectivity index (χ3n) is 7.38. The molecule has 0 bridgehead atoms. The van der Waals surface area contributed by atoms with Gasteiger partial charge in [0.25, 0.3) is 0 Å². The first-order valence-electron chi connectivity index (χ1n) is 13.9. The Morgan fingerprint density at radius 2 is 1.57 bits per heavy atom. The summed E-state index contributed by atoms with van der Waals surface area (Å²) in [5.41, 5.74) is 16.9. The Kier molecular flexibility index (Phi) is 11.7. The molecule has 1 heterocycles. The molecule has 0 spiro atoms. The molecule has 5 heteroatoms. The van der Waals surface area contributed by atoms with Crippen LogP contribution in [-0.4, -0.2) is 30.7 Å². The van der Waals surface area contributed by atoms with Crippen molar-refractivity contribution in [1.29, 1.82) is 0 Å². The van der Waals surface area contributed by atoms with Crippen LogP contribution in [0.15, 0.2) is 23.6 Å². The Morgan fingerprint density at radius 3 is 2.14 bits per heavy atom. The minimum absolute atomic E-state index is 0.233. The van der Waals surface area contributed by atoms with Crippen molar-refractivity contribution in [3.63, 3.8) is 0 Å². The first-order chi connectivity index (χ1) is 16.6. The molecule has 0 fully saturated rings. The highest BCUT2D eigenvalue weighted by Crippen LogP contribution is 2.46. The molecule has 1 aromatic carbocycles. The third-order valence-corrected chi connectivity index (χ3v) is 8.28. The van der Waals surface area contributed by atoms with Crippen molar-refractivity contribution in [2.75, 3.05) is 24.5 Å². The fourth-order valence-corrected chi connectivity index (χ4v) is 5.80. The van der Waals surface area contributed by atoms with Gasteiger partial charge in [-0.15, -0.1) is 11.3 Å². The Labute approximate surface area is 219 Å². The van der Waals surface area contributed by atoms with Gasteiger partial charge in [0.05, 0.1) is 5.69 Å².